The van der Waals surface area contributed by atoms with Crippen LogP contribution in [0.2, 0.25) is 0 Å². The average Bonchev–Trinajstić information content (AvgIpc) is 2.92. The lowest BCUT2D eigenvalue weighted by Crippen LogP contribution is -2.36. The topological polar surface area (TPSA) is 95.9 Å². The van der Waals surface area contributed by atoms with E-state index in [1.165, 1.54) is 19.3 Å². The van der Waals surface area contributed by atoms with Gasteiger partial charge in [-0.25, -0.2) is 0 Å². The first kappa shape index (κ1) is 19.5. The fourth-order valence-electron chi connectivity index (χ4n) is 2.62. The maximum atomic E-state index is 12.6. The number of hydrogen-bond donors (Lipinski definition) is 2. The summed E-state index contributed by atoms with van der Waals surface area (Å²) in [5, 5.41) is 11.8. The van der Waals surface area contributed by atoms with Gasteiger partial charge < -0.3 is 15.2 Å². The Morgan fingerprint density at radius 3 is 2.71 bits per heavy atom. The van der Waals surface area contributed by atoms with Crippen LogP contribution >= 0.6 is 11.8 Å². The van der Waals surface area contributed by atoms with Gasteiger partial charge in [-0.2, -0.15) is 0 Å². The van der Waals surface area contributed by atoms with Crippen molar-refractivity contribution >= 4 is 40.6 Å². The zero-order chi connectivity index (χ0) is 20.3. The number of aromatic hydroxyl groups is 1. The van der Waals surface area contributed by atoms with Crippen LogP contribution in [-0.2, 0) is 9.59 Å². The van der Waals surface area contributed by atoms with E-state index in [-0.39, 0.29) is 22.9 Å². The van der Waals surface area contributed by atoms with Gasteiger partial charge in [0, 0.05) is 5.69 Å². The van der Waals surface area contributed by atoms with Crippen molar-refractivity contribution in [1.82, 2.24) is 4.90 Å². The third kappa shape index (κ3) is 4.17. The van der Waals surface area contributed by atoms with E-state index in [1.807, 2.05) is 19.1 Å². The molecule has 0 aliphatic carbocycles. The summed E-state index contributed by atoms with van der Waals surface area (Å²) in [6, 6.07) is 11.8. The van der Waals surface area contributed by atoms with E-state index < -0.39 is 17.1 Å². The number of hydrogen-bond acceptors (Lipinski definition) is 6. The number of phenolic OH excluding ortho intramolecular Hbond substituents is 1. The predicted molar refractivity (Wildman–Crippen MR) is 107 cm³/mol. The van der Waals surface area contributed by atoms with E-state index in [0.29, 0.717) is 11.3 Å². The van der Waals surface area contributed by atoms with Crippen LogP contribution < -0.4 is 10.1 Å². The fraction of sp³-hybridized carbons (Fsp3) is 0.150. The van der Waals surface area contributed by atoms with E-state index in [4.69, 9.17) is 4.74 Å². The summed E-state index contributed by atoms with van der Waals surface area (Å²) >= 11 is 0.761. The van der Waals surface area contributed by atoms with Gasteiger partial charge in [-0.05, 0) is 54.1 Å². The van der Waals surface area contributed by atoms with Crippen molar-refractivity contribution in [3.05, 3.63) is 58.5 Å². The van der Waals surface area contributed by atoms with E-state index in [2.05, 4.69) is 5.32 Å². The molecule has 7 nitrogen and oxygen atoms in total. The number of rotatable bonds is 5. The number of aryl methyl sites for hydroxylation is 1. The number of methoxy groups -OCH3 is 1. The largest absolute Gasteiger partial charge is 0.504 e. The number of carbonyl (C=O) groups excluding carboxylic acids is 3. The molecule has 1 aliphatic rings. The van der Waals surface area contributed by atoms with Gasteiger partial charge in [0.2, 0.25) is 5.91 Å². The average molecular weight is 398 g/mol. The number of amides is 3. The van der Waals surface area contributed by atoms with Crippen LogP contribution in [0, 0.1) is 6.92 Å². The molecule has 2 N–H and O–H groups in total. The zero-order valence-corrected chi connectivity index (χ0v) is 16.1. The quantitative estimate of drug-likeness (QED) is 0.750. The van der Waals surface area contributed by atoms with Crippen LogP contribution in [0.5, 0.6) is 11.5 Å². The normalized spacial score (nSPS) is 15.2. The number of para-hydroxylation sites is 1. The van der Waals surface area contributed by atoms with Crippen LogP contribution in [0.15, 0.2) is 47.4 Å². The fourth-order valence-corrected chi connectivity index (χ4v) is 3.46. The van der Waals surface area contributed by atoms with Crippen molar-refractivity contribution in [2.24, 2.45) is 0 Å². The molecule has 3 rings (SSSR count). The molecular weight excluding hydrogens is 380 g/mol. The number of anilines is 1. The van der Waals surface area contributed by atoms with Gasteiger partial charge in [-0.15, -0.1) is 0 Å². The SMILES string of the molecule is COc1cc(/C=C2/SC(=O)N(CC(=O)Nc3ccccc3C)C2=O)ccc1O. The van der Waals surface area contributed by atoms with Crippen molar-refractivity contribution in [1.29, 1.82) is 0 Å². The van der Waals surface area contributed by atoms with E-state index in [1.54, 1.807) is 24.3 Å². The highest BCUT2D eigenvalue weighted by molar-refractivity contribution is 8.18. The molecule has 0 saturated carbocycles. The molecule has 28 heavy (non-hydrogen) atoms. The molecule has 2 aromatic rings. The molecule has 0 spiro atoms. The van der Waals surface area contributed by atoms with Crippen molar-refractivity contribution in [2.45, 2.75) is 6.92 Å². The Morgan fingerprint density at radius 2 is 2.00 bits per heavy atom. The highest BCUT2D eigenvalue weighted by atomic mass is 32.2. The molecular formula is C20H18N2O5S. The maximum Gasteiger partial charge on any atom is 0.294 e. The number of benzene rings is 2. The first-order valence-corrected chi connectivity index (χ1v) is 9.18. The van der Waals surface area contributed by atoms with Crippen LogP contribution in [-0.4, -0.2) is 40.7 Å². The minimum absolute atomic E-state index is 0.0272. The Kier molecular flexibility index (Phi) is 5.70. The molecule has 0 bridgehead atoms. The lowest BCUT2D eigenvalue weighted by Gasteiger charge is -2.13. The molecule has 1 heterocycles. The zero-order valence-electron chi connectivity index (χ0n) is 15.3. The van der Waals surface area contributed by atoms with Gasteiger partial charge in [-0.3, -0.25) is 19.3 Å². The first-order valence-electron chi connectivity index (χ1n) is 8.37. The highest BCUT2D eigenvalue weighted by Gasteiger charge is 2.36. The maximum absolute atomic E-state index is 12.6. The summed E-state index contributed by atoms with van der Waals surface area (Å²) in [4.78, 5) is 38.1. The third-order valence-electron chi connectivity index (χ3n) is 4.10. The molecule has 0 aromatic heterocycles. The Balaban J connectivity index is 1.73. The second-order valence-corrected chi connectivity index (χ2v) is 7.06. The molecule has 3 amide bonds. The first-order chi connectivity index (χ1) is 13.4. The van der Waals surface area contributed by atoms with Crippen LogP contribution in [0.1, 0.15) is 11.1 Å². The Bertz CT molecular complexity index is 986. The van der Waals surface area contributed by atoms with Crippen LogP contribution in [0.4, 0.5) is 10.5 Å². The Hall–Kier alpha value is -3.26. The lowest BCUT2D eigenvalue weighted by atomic mass is 10.2. The van der Waals surface area contributed by atoms with E-state index in [9.17, 15) is 19.5 Å². The highest BCUT2D eigenvalue weighted by Crippen LogP contribution is 2.34. The molecule has 1 saturated heterocycles. The second-order valence-electron chi connectivity index (χ2n) is 6.06. The van der Waals surface area contributed by atoms with Crippen LogP contribution in [0.3, 0.4) is 0 Å². The summed E-state index contributed by atoms with van der Waals surface area (Å²) in [6.07, 6.45) is 1.52. The van der Waals surface area contributed by atoms with Gasteiger partial charge in [0.25, 0.3) is 11.1 Å². The molecule has 8 heteroatoms. The number of phenols is 1. The Labute approximate surface area is 166 Å². The van der Waals surface area contributed by atoms with E-state index in [0.717, 1.165) is 22.2 Å². The molecule has 144 valence electrons. The summed E-state index contributed by atoms with van der Waals surface area (Å²) in [7, 11) is 1.42. The molecule has 0 radical (unpaired) electrons. The van der Waals surface area contributed by atoms with Crippen molar-refractivity contribution in [2.75, 3.05) is 19.0 Å². The molecule has 0 atom stereocenters. The summed E-state index contributed by atoms with van der Waals surface area (Å²) in [6.45, 7) is 1.49. The minimum atomic E-state index is -0.540. The molecule has 1 aliphatic heterocycles. The third-order valence-corrected chi connectivity index (χ3v) is 5.00. The lowest BCUT2D eigenvalue weighted by molar-refractivity contribution is -0.127. The summed E-state index contributed by atoms with van der Waals surface area (Å²) < 4.78 is 5.04. The number of nitrogens with one attached hydrogen (secondary N) is 1. The smallest absolute Gasteiger partial charge is 0.294 e. The standard InChI is InChI=1S/C20H18N2O5S/c1-12-5-3-4-6-14(12)21-18(24)11-22-19(25)17(28-20(22)26)10-13-7-8-15(23)16(9-13)27-2/h3-10,23H,11H2,1-2H3,(H,21,24)/b17-10+. The van der Waals surface area contributed by atoms with E-state index >= 15 is 0 Å². The number of nitrogens with zero attached hydrogens (tertiary/aromatic N) is 1. The molecule has 2 aromatic carbocycles. The monoisotopic (exact) mass is 398 g/mol. The van der Waals surface area contributed by atoms with Crippen molar-refractivity contribution in [3.8, 4) is 11.5 Å². The molecule has 1 fully saturated rings. The molecule has 0 unspecified atom stereocenters. The van der Waals surface area contributed by atoms with Gasteiger partial charge in [0.1, 0.15) is 6.54 Å². The van der Waals surface area contributed by atoms with Gasteiger partial charge in [-0.1, -0.05) is 24.3 Å². The number of imide groups is 1. The number of carbonyl (C=O) groups is 3. The minimum Gasteiger partial charge on any atom is -0.504 e. The summed E-state index contributed by atoms with van der Waals surface area (Å²) in [5.74, 6) is -0.766. The van der Waals surface area contributed by atoms with Crippen molar-refractivity contribution < 1.29 is 24.2 Å². The van der Waals surface area contributed by atoms with Gasteiger partial charge in [0.15, 0.2) is 11.5 Å². The van der Waals surface area contributed by atoms with Crippen LogP contribution in [0.25, 0.3) is 6.08 Å². The number of thioether (sulfide) groups is 1. The predicted octanol–water partition coefficient (Wildman–Crippen LogP) is 3.38. The Morgan fingerprint density at radius 1 is 1.25 bits per heavy atom. The van der Waals surface area contributed by atoms with Crippen molar-refractivity contribution in [3.63, 3.8) is 0 Å². The second kappa shape index (κ2) is 8.18. The van der Waals surface area contributed by atoms with Gasteiger partial charge >= 0.3 is 0 Å². The summed E-state index contributed by atoms with van der Waals surface area (Å²) in [5.41, 5.74) is 2.10. The number of ether oxygens (including phenoxy) is 1. The van der Waals surface area contributed by atoms with Gasteiger partial charge in [0.05, 0.1) is 12.0 Å².